The Morgan fingerprint density at radius 1 is 1.17 bits per heavy atom. The predicted molar refractivity (Wildman–Crippen MR) is 89.5 cm³/mol. The van der Waals surface area contributed by atoms with E-state index in [0.717, 1.165) is 22.6 Å². The van der Waals surface area contributed by atoms with Crippen LogP contribution in [0.1, 0.15) is 0 Å². The van der Waals surface area contributed by atoms with E-state index >= 15 is 0 Å². The molecule has 0 saturated heterocycles. The number of allylic oxidation sites excluding steroid dienone is 1. The van der Waals surface area contributed by atoms with Crippen molar-refractivity contribution in [1.29, 1.82) is 10.5 Å². The van der Waals surface area contributed by atoms with Crippen LogP contribution in [0.5, 0.6) is 0 Å². The van der Waals surface area contributed by atoms with Crippen LogP contribution in [0.4, 0.5) is 5.69 Å². The number of pyridine rings is 1. The van der Waals surface area contributed by atoms with Gasteiger partial charge in [0.15, 0.2) is 0 Å². The largest absolute Gasteiger partial charge is 0.344 e. The van der Waals surface area contributed by atoms with Crippen molar-refractivity contribution < 1.29 is 4.79 Å². The van der Waals surface area contributed by atoms with Crippen LogP contribution in [-0.4, -0.2) is 15.9 Å². The maximum absolute atomic E-state index is 11.9. The number of fused-ring (bicyclic) bond motifs is 1. The van der Waals surface area contributed by atoms with Gasteiger partial charge in [-0.1, -0.05) is 30.3 Å². The number of nitrogens with zero attached hydrogens (tertiary/aromatic N) is 3. The molecule has 0 aliphatic carbocycles. The van der Waals surface area contributed by atoms with Crippen molar-refractivity contribution in [3.63, 3.8) is 0 Å². The summed E-state index contributed by atoms with van der Waals surface area (Å²) in [7, 11) is 0. The molecular formula is C18H11N5O. The maximum Gasteiger partial charge on any atom is 0.250 e. The summed E-state index contributed by atoms with van der Waals surface area (Å²) in [5.41, 5.74) is 2.85. The summed E-state index contributed by atoms with van der Waals surface area (Å²) in [6.45, 7) is 0. The molecule has 3 rings (SSSR count). The van der Waals surface area contributed by atoms with Gasteiger partial charge in [0.1, 0.15) is 23.4 Å². The highest BCUT2D eigenvalue weighted by Crippen LogP contribution is 2.27. The molecule has 6 heteroatoms. The van der Waals surface area contributed by atoms with E-state index in [9.17, 15) is 4.79 Å². The second kappa shape index (κ2) is 6.47. The molecule has 0 fully saturated rings. The fraction of sp³-hybridized carbons (Fsp3) is 0. The lowest BCUT2D eigenvalue weighted by atomic mass is 10.1. The van der Waals surface area contributed by atoms with Crippen LogP contribution in [0.3, 0.4) is 0 Å². The number of benzene rings is 1. The van der Waals surface area contributed by atoms with Crippen LogP contribution in [0.2, 0.25) is 0 Å². The summed E-state index contributed by atoms with van der Waals surface area (Å²) < 4.78 is 0. The van der Waals surface area contributed by atoms with Crippen molar-refractivity contribution in [3.05, 3.63) is 60.4 Å². The lowest BCUT2D eigenvalue weighted by Crippen LogP contribution is -2.08. The molecule has 2 heterocycles. The average molecular weight is 313 g/mol. The van der Waals surface area contributed by atoms with Gasteiger partial charge < -0.3 is 10.3 Å². The zero-order valence-corrected chi connectivity index (χ0v) is 12.4. The fourth-order valence-corrected chi connectivity index (χ4v) is 2.28. The first-order valence-electron chi connectivity index (χ1n) is 7.06. The number of anilines is 1. The van der Waals surface area contributed by atoms with Gasteiger partial charge in [-0.25, -0.2) is 4.98 Å². The zero-order chi connectivity index (χ0) is 16.9. The number of nitrogens with one attached hydrogen (secondary N) is 2. The van der Waals surface area contributed by atoms with Gasteiger partial charge in [-0.05, 0) is 11.6 Å². The summed E-state index contributed by atoms with van der Waals surface area (Å²) in [6, 6.07) is 15.0. The standard InChI is InChI=1S/C18H11N5O/c19-8-12(9-20)6-17(24)23-16-11-22-18-15(16)7-14(10-21-18)13-4-2-1-3-5-13/h1-7,10-11H,(H,21,22)(H,23,24). The van der Waals surface area contributed by atoms with Crippen LogP contribution in [0.15, 0.2) is 60.4 Å². The molecule has 0 unspecified atom stereocenters. The van der Waals surface area contributed by atoms with Crippen molar-refractivity contribution >= 4 is 22.6 Å². The highest BCUT2D eigenvalue weighted by Gasteiger charge is 2.09. The molecule has 0 spiro atoms. The molecule has 0 radical (unpaired) electrons. The topological polar surface area (TPSA) is 105 Å². The van der Waals surface area contributed by atoms with E-state index in [-0.39, 0.29) is 5.57 Å². The molecule has 6 nitrogen and oxygen atoms in total. The lowest BCUT2D eigenvalue weighted by molar-refractivity contribution is -0.111. The first kappa shape index (κ1) is 15.0. The summed E-state index contributed by atoms with van der Waals surface area (Å²) in [5.74, 6) is -0.542. The van der Waals surface area contributed by atoms with Gasteiger partial charge in [0, 0.05) is 29.4 Å². The number of amides is 1. The molecule has 114 valence electrons. The minimum atomic E-state index is -0.542. The van der Waals surface area contributed by atoms with Gasteiger partial charge in [0.2, 0.25) is 5.91 Å². The molecule has 0 bridgehead atoms. The number of H-pyrrole nitrogens is 1. The fourth-order valence-electron chi connectivity index (χ4n) is 2.28. The van der Waals surface area contributed by atoms with Crippen molar-refractivity contribution in [2.45, 2.75) is 0 Å². The van der Waals surface area contributed by atoms with Gasteiger partial charge in [0.25, 0.3) is 0 Å². The molecule has 0 aliphatic heterocycles. The second-order valence-corrected chi connectivity index (χ2v) is 4.96. The first-order chi connectivity index (χ1) is 11.7. The molecular weight excluding hydrogens is 302 g/mol. The molecule has 2 N–H and O–H groups in total. The molecule has 0 atom stereocenters. The Bertz CT molecular complexity index is 1000. The van der Waals surface area contributed by atoms with E-state index in [1.54, 1.807) is 24.5 Å². The quantitative estimate of drug-likeness (QED) is 0.572. The molecule has 3 aromatic rings. The number of carbonyl (C=O) groups is 1. The summed E-state index contributed by atoms with van der Waals surface area (Å²) in [4.78, 5) is 19.2. The van der Waals surface area contributed by atoms with Crippen molar-refractivity contribution in [2.24, 2.45) is 0 Å². The molecule has 1 amide bonds. The van der Waals surface area contributed by atoms with Crippen LogP contribution in [-0.2, 0) is 4.79 Å². The minimum Gasteiger partial charge on any atom is -0.344 e. The van der Waals surface area contributed by atoms with Crippen LogP contribution in [0.25, 0.3) is 22.2 Å². The van der Waals surface area contributed by atoms with Crippen molar-refractivity contribution in [3.8, 4) is 23.3 Å². The van der Waals surface area contributed by atoms with Gasteiger partial charge in [-0.2, -0.15) is 10.5 Å². The molecule has 2 aromatic heterocycles. The summed E-state index contributed by atoms with van der Waals surface area (Å²) in [6.07, 6.45) is 4.34. The van der Waals surface area contributed by atoms with Gasteiger partial charge >= 0.3 is 0 Å². The van der Waals surface area contributed by atoms with E-state index in [1.807, 2.05) is 36.4 Å². The monoisotopic (exact) mass is 313 g/mol. The normalized spacial score (nSPS) is 9.75. The third-order valence-electron chi connectivity index (χ3n) is 3.41. The van der Waals surface area contributed by atoms with Crippen molar-refractivity contribution in [2.75, 3.05) is 5.32 Å². The number of hydrogen-bond donors (Lipinski definition) is 2. The highest BCUT2D eigenvalue weighted by molar-refractivity contribution is 6.06. The Hall–Kier alpha value is -3.90. The Balaban J connectivity index is 1.96. The SMILES string of the molecule is N#CC(C#N)=CC(=O)Nc1c[nH]c2ncc(-c3ccccc3)cc12. The number of rotatable bonds is 3. The molecule has 0 saturated carbocycles. The molecule has 1 aromatic carbocycles. The first-order valence-corrected chi connectivity index (χ1v) is 7.06. The summed E-state index contributed by atoms with van der Waals surface area (Å²) >= 11 is 0. The van der Waals surface area contributed by atoms with Crippen LogP contribution >= 0.6 is 0 Å². The van der Waals surface area contributed by atoms with E-state index in [0.29, 0.717) is 11.3 Å². The van der Waals surface area contributed by atoms with Crippen molar-refractivity contribution in [1.82, 2.24) is 9.97 Å². The van der Waals surface area contributed by atoms with Gasteiger partial charge in [-0.15, -0.1) is 0 Å². The third-order valence-corrected chi connectivity index (χ3v) is 3.41. The Kier molecular flexibility index (Phi) is 4.05. The molecule has 0 aliphatic rings. The Labute approximate surface area is 137 Å². The average Bonchev–Trinajstić information content (AvgIpc) is 3.02. The van der Waals surface area contributed by atoms with Crippen LogP contribution in [0, 0.1) is 22.7 Å². The highest BCUT2D eigenvalue weighted by atomic mass is 16.1. The number of hydrogen-bond acceptors (Lipinski definition) is 4. The third kappa shape index (κ3) is 2.99. The number of carbonyl (C=O) groups excluding carboxylic acids is 1. The lowest BCUT2D eigenvalue weighted by Gasteiger charge is -2.03. The van der Waals surface area contributed by atoms with E-state index < -0.39 is 5.91 Å². The Morgan fingerprint density at radius 2 is 1.92 bits per heavy atom. The zero-order valence-electron chi connectivity index (χ0n) is 12.4. The van der Waals surface area contributed by atoms with E-state index in [2.05, 4.69) is 15.3 Å². The van der Waals surface area contributed by atoms with Gasteiger partial charge in [-0.3, -0.25) is 4.79 Å². The number of aromatic nitrogens is 2. The summed E-state index contributed by atoms with van der Waals surface area (Å²) in [5, 5.41) is 20.8. The van der Waals surface area contributed by atoms with E-state index in [4.69, 9.17) is 10.5 Å². The van der Waals surface area contributed by atoms with Gasteiger partial charge in [0.05, 0.1) is 5.69 Å². The van der Waals surface area contributed by atoms with E-state index in [1.165, 1.54) is 0 Å². The Morgan fingerprint density at radius 3 is 2.62 bits per heavy atom. The molecule has 24 heavy (non-hydrogen) atoms. The number of nitriles is 2. The maximum atomic E-state index is 11.9. The van der Waals surface area contributed by atoms with Crippen LogP contribution < -0.4 is 5.32 Å². The predicted octanol–water partition coefficient (Wildman–Crippen LogP) is 3.14. The second-order valence-electron chi connectivity index (χ2n) is 4.96. The minimum absolute atomic E-state index is 0.254. The smallest absolute Gasteiger partial charge is 0.250 e. The number of aromatic amines is 1.